The van der Waals surface area contributed by atoms with E-state index in [-0.39, 0.29) is 6.10 Å². The molecule has 0 amide bonds. The minimum atomic E-state index is 0.111. The molecule has 0 heterocycles. The molecular formula is C21H30N2O. The third-order valence-corrected chi connectivity index (χ3v) is 4.26. The van der Waals surface area contributed by atoms with Crippen molar-refractivity contribution in [2.24, 2.45) is 0 Å². The molecule has 1 N–H and O–H groups in total. The summed E-state index contributed by atoms with van der Waals surface area (Å²) >= 11 is 0. The molecule has 2 rings (SSSR count). The summed E-state index contributed by atoms with van der Waals surface area (Å²) in [7, 11) is 0. The fourth-order valence-corrected chi connectivity index (χ4v) is 2.72. The lowest BCUT2D eigenvalue weighted by molar-refractivity contribution is 0.234. The summed E-state index contributed by atoms with van der Waals surface area (Å²) in [5.74, 6) is 0.929. The number of aryl methyl sites for hydroxylation is 1. The summed E-state index contributed by atoms with van der Waals surface area (Å²) in [5, 5.41) is 3.45. The highest BCUT2D eigenvalue weighted by Crippen LogP contribution is 2.18. The zero-order chi connectivity index (χ0) is 17.4. The van der Waals surface area contributed by atoms with Crippen LogP contribution in [0.5, 0.6) is 5.75 Å². The van der Waals surface area contributed by atoms with E-state index < -0.39 is 0 Å². The van der Waals surface area contributed by atoms with Crippen LogP contribution >= 0.6 is 0 Å². The highest BCUT2D eigenvalue weighted by atomic mass is 16.5. The van der Waals surface area contributed by atoms with Crippen molar-refractivity contribution in [3.05, 3.63) is 54.1 Å². The van der Waals surface area contributed by atoms with Gasteiger partial charge in [0.2, 0.25) is 0 Å². The summed E-state index contributed by atoms with van der Waals surface area (Å²) in [6.07, 6.45) is 1.17. The van der Waals surface area contributed by atoms with E-state index in [9.17, 15) is 0 Å². The first kappa shape index (κ1) is 18.2. The smallest absolute Gasteiger partial charge is 0.119 e. The first-order valence-corrected chi connectivity index (χ1v) is 9.00. The Hall–Kier alpha value is -2.16. The van der Waals surface area contributed by atoms with Gasteiger partial charge >= 0.3 is 0 Å². The Bertz CT molecular complexity index is 588. The van der Waals surface area contributed by atoms with Crippen LogP contribution in [0.15, 0.2) is 48.5 Å². The highest BCUT2D eigenvalue weighted by molar-refractivity contribution is 5.55. The van der Waals surface area contributed by atoms with Crippen LogP contribution in [-0.4, -0.2) is 25.7 Å². The van der Waals surface area contributed by atoms with E-state index in [0.29, 0.717) is 0 Å². The van der Waals surface area contributed by atoms with Crippen LogP contribution in [-0.2, 0) is 6.42 Å². The maximum absolute atomic E-state index is 5.96. The molecule has 1 unspecified atom stereocenters. The van der Waals surface area contributed by atoms with Gasteiger partial charge in [-0.05, 0) is 69.2 Å². The molecule has 130 valence electrons. The molecule has 3 heteroatoms. The Morgan fingerprint density at radius 3 is 2.08 bits per heavy atom. The van der Waals surface area contributed by atoms with Gasteiger partial charge in [0.25, 0.3) is 0 Å². The van der Waals surface area contributed by atoms with Gasteiger partial charge in [0.15, 0.2) is 0 Å². The van der Waals surface area contributed by atoms with Gasteiger partial charge in [-0.2, -0.15) is 0 Å². The van der Waals surface area contributed by atoms with Gasteiger partial charge in [-0.3, -0.25) is 0 Å². The van der Waals surface area contributed by atoms with E-state index in [1.165, 1.54) is 11.3 Å². The zero-order valence-corrected chi connectivity index (χ0v) is 15.4. The molecule has 0 radical (unpaired) electrons. The van der Waals surface area contributed by atoms with Crippen molar-refractivity contribution in [1.82, 2.24) is 0 Å². The fourth-order valence-electron chi connectivity index (χ4n) is 2.72. The minimum absolute atomic E-state index is 0.111. The second-order valence-electron chi connectivity index (χ2n) is 6.03. The van der Waals surface area contributed by atoms with Crippen LogP contribution in [0.2, 0.25) is 0 Å². The monoisotopic (exact) mass is 326 g/mol. The van der Waals surface area contributed by atoms with Crippen molar-refractivity contribution < 1.29 is 4.74 Å². The predicted octanol–water partition coefficient (Wildman–Crippen LogP) is 4.97. The summed E-state index contributed by atoms with van der Waals surface area (Å²) in [5.41, 5.74) is 3.73. The van der Waals surface area contributed by atoms with Crippen molar-refractivity contribution in [2.75, 3.05) is 29.9 Å². The van der Waals surface area contributed by atoms with Crippen molar-refractivity contribution >= 4 is 11.4 Å². The molecule has 24 heavy (non-hydrogen) atoms. The molecule has 0 aromatic heterocycles. The van der Waals surface area contributed by atoms with E-state index in [1.54, 1.807) is 0 Å². The highest BCUT2D eigenvalue weighted by Gasteiger charge is 2.05. The van der Waals surface area contributed by atoms with Gasteiger partial charge in [0, 0.05) is 24.5 Å². The zero-order valence-electron chi connectivity index (χ0n) is 15.4. The lowest BCUT2D eigenvalue weighted by Gasteiger charge is -2.21. The third-order valence-electron chi connectivity index (χ3n) is 4.26. The number of anilines is 2. The maximum Gasteiger partial charge on any atom is 0.119 e. The number of nitrogens with zero attached hydrogens (tertiary/aromatic N) is 1. The number of hydrogen-bond acceptors (Lipinski definition) is 3. The maximum atomic E-state index is 5.96. The van der Waals surface area contributed by atoms with Gasteiger partial charge in [-0.1, -0.05) is 19.1 Å². The number of rotatable bonds is 9. The van der Waals surface area contributed by atoms with Crippen molar-refractivity contribution in [3.63, 3.8) is 0 Å². The summed E-state index contributed by atoms with van der Waals surface area (Å²) in [4.78, 5) is 2.34. The number of nitrogens with one attached hydrogen (secondary N) is 1. The van der Waals surface area contributed by atoms with Crippen molar-refractivity contribution in [1.29, 1.82) is 0 Å². The molecule has 0 saturated carbocycles. The van der Waals surface area contributed by atoms with E-state index in [2.05, 4.69) is 74.3 Å². The second-order valence-corrected chi connectivity index (χ2v) is 6.03. The summed E-state index contributed by atoms with van der Waals surface area (Å²) in [6, 6.07) is 17.0. The van der Waals surface area contributed by atoms with Gasteiger partial charge in [0.1, 0.15) is 11.9 Å². The normalized spacial score (nSPS) is 11.8. The molecule has 0 aliphatic rings. The summed E-state index contributed by atoms with van der Waals surface area (Å²) in [6.45, 7) is 11.5. The van der Waals surface area contributed by atoms with Gasteiger partial charge < -0.3 is 15.0 Å². The third kappa shape index (κ3) is 5.19. The standard InChI is InChI=1S/C21H30N2O/c1-5-18-8-14-21(15-9-18)24-17(4)16-22-19-10-12-20(13-11-19)23(6-2)7-3/h8-15,17,22H,5-7,16H2,1-4H3. The molecule has 0 bridgehead atoms. The average molecular weight is 326 g/mol. The summed E-state index contributed by atoms with van der Waals surface area (Å²) < 4.78 is 5.96. The van der Waals surface area contributed by atoms with Crippen LogP contribution in [0.3, 0.4) is 0 Å². The van der Waals surface area contributed by atoms with E-state index >= 15 is 0 Å². The minimum Gasteiger partial charge on any atom is -0.489 e. The van der Waals surface area contributed by atoms with Crippen LogP contribution in [0.25, 0.3) is 0 Å². The molecule has 2 aromatic rings. The van der Waals surface area contributed by atoms with Crippen LogP contribution < -0.4 is 15.0 Å². The number of ether oxygens (including phenoxy) is 1. The molecule has 0 fully saturated rings. The molecule has 0 aliphatic heterocycles. The number of benzene rings is 2. The quantitative estimate of drug-likeness (QED) is 0.704. The molecule has 0 aliphatic carbocycles. The van der Waals surface area contributed by atoms with Crippen LogP contribution in [0.1, 0.15) is 33.3 Å². The largest absolute Gasteiger partial charge is 0.489 e. The van der Waals surface area contributed by atoms with Gasteiger partial charge in [-0.25, -0.2) is 0 Å². The van der Waals surface area contributed by atoms with Gasteiger partial charge in [-0.15, -0.1) is 0 Å². The Kier molecular flexibility index (Phi) is 6.98. The SMILES string of the molecule is CCc1ccc(OC(C)CNc2ccc(N(CC)CC)cc2)cc1. The predicted molar refractivity (Wildman–Crippen MR) is 104 cm³/mol. The Labute approximate surface area is 146 Å². The molecule has 3 nitrogen and oxygen atoms in total. The number of hydrogen-bond donors (Lipinski definition) is 1. The second kappa shape index (κ2) is 9.21. The van der Waals surface area contributed by atoms with E-state index in [1.807, 2.05) is 12.1 Å². The Morgan fingerprint density at radius 1 is 0.917 bits per heavy atom. The lowest BCUT2D eigenvalue weighted by atomic mass is 10.2. The fraction of sp³-hybridized carbons (Fsp3) is 0.429. The van der Waals surface area contributed by atoms with E-state index in [0.717, 1.165) is 37.5 Å². The van der Waals surface area contributed by atoms with Crippen molar-refractivity contribution in [3.8, 4) is 5.75 Å². The molecular weight excluding hydrogens is 296 g/mol. The Morgan fingerprint density at radius 2 is 1.54 bits per heavy atom. The molecule has 0 spiro atoms. The van der Waals surface area contributed by atoms with Gasteiger partial charge in [0.05, 0.1) is 6.54 Å². The van der Waals surface area contributed by atoms with E-state index in [4.69, 9.17) is 4.74 Å². The molecule has 1 atom stereocenters. The molecule has 0 saturated heterocycles. The topological polar surface area (TPSA) is 24.5 Å². The average Bonchev–Trinajstić information content (AvgIpc) is 2.63. The Balaban J connectivity index is 1.83. The first-order chi connectivity index (χ1) is 11.7. The van der Waals surface area contributed by atoms with Crippen LogP contribution in [0, 0.1) is 0 Å². The van der Waals surface area contributed by atoms with Crippen molar-refractivity contribution in [2.45, 2.75) is 40.2 Å². The van der Waals surface area contributed by atoms with Crippen LogP contribution in [0.4, 0.5) is 11.4 Å². The first-order valence-electron chi connectivity index (χ1n) is 9.00. The lowest BCUT2D eigenvalue weighted by Crippen LogP contribution is -2.23. The molecule has 2 aromatic carbocycles.